The van der Waals surface area contributed by atoms with Crippen LogP contribution in [0.5, 0.6) is 0 Å². The first-order valence-corrected chi connectivity index (χ1v) is 37.3. The molecular weight excluding hydrogens is 1110 g/mol. The molecule has 0 aliphatic heterocycles. The van der Waals surface area contributed by atoms with Gasteiger partial charge in [0.2, 0.25) is 0 Å². The average molecular weight is 1240 g/mol. The van der Waals surface area contributed by atoms with E-state index in [1.165, 1.54) is 154 Å². The van der Waals surface area contributed by atoms with Gasteiger partial charge in [0.15, 0.2) is 12.2 Å². The summed E-state index contributed by atoms with van der Waals surface area (Å²) >= 11 is 0. The van der Waals surface area contributed by atoms with Gasteiger partial charge < -0.3 is 33.8 Å². The molecule has 0 aliphatic carbocycles. The number of ether oxygens (including phenoxy) is 4. The molecule has 0 aromatic heterocycles. The Morgan fingerprint density at radius 1 is 0.286 bits per heavy atom. The van der Waals surface area contributed by atoms with E-state index in [1.54, 1.807) is 0 Å². The molecule has 0 amide bonds. The molecule has 498 valence electrons. The molecule has 0 rings (SSSR count). The summed E-state index contributed by atoms with van der Waals surface area (Å²) in [6, 6.07) is 0. The fourth-order valence-corrected chi connectivity index (χ4v) is 11.4. The van der Waals surface area contributed by atoms with Crippen molar-refractivity contribution in [1.29, 1.82) is 0 Å². The van der Waals surface area contributed by atoms with Crippen molar-refractivity contribution < 1.29 is 80.2 Å². The average Bonchev–Trinajstić information content (AvgIpc) is 3.58. The maximum atomic E-state index is 13.0. The van der Waals surface area contributed by atoms with Crippen molar-refractivity contribution in [2.24, 2.45) is 0 Å². The number of phosphoric ester groups is 2. The minimum Gasteiger partial charge on any atom is -0.462 e. The van der Waals surface area contributed by atoms with E-state index in [-0.39, 0.29) is 25.7 Å². The molecule has 5 atom stereocenters. The van der Waals surface area contributed by atoms with Gasteiger partial charge in [-0.2, -0.15) is 0 Å². The van der Waals surface area contributed by atoms with Crippen LogP contribution in [0.4, 0.5) is 0 Å². The summed E-state index contributed by atoms with van der Waals surface area (Å²) in [5, 5.41) is 10.5. The zero-order valence-corrected chi connectivity index (χ0v) is 55.7. The third kappa shape index (κ3) is 59.0. The van der Waals surface area contributed by atoms with Gasteiger partial charge in [0.1, 0.15) is 19.3 Å². The van der Waals surface area contributed by atoms with E-state index < -0.39 is 97.5 Å². The van der Waals surface area contributed by atoms with Crippen LogP contribution in [0.15, 0.2) is 0 Å². The third-order valence-corrected chi connectivity index (χ3v) is 17.0. The molecule has 17 nitrogen and oxygen atoms in total. The molecule has 19 heteroatoms. The van der Waals surface area contributed by atoms with Gasteiger partial charge in [0.25, 0.3) is 0 Å². The van der Waals surface area contributed by atoms with Gasteiger partial charge >= 0.3 is 39.5 Å². The number of aliphatic hydroxyl groups is 1. The minimum absolute atomic E-state index is 0.106. The Labute approximate surface area is 511 Å². The topological polar surface area (TPSA) is 237 Å². The summed E-state index contributed by atoms with van der Waals surface area (Å²) in [6.45, 7) is 4.86. The highest BCUT2D eigenvalue weighted by molar-refractivity contribution is 7.47. The van der Waals surface area contributed by atoms with Crippen molar-refractivity contribution in [2.75, 3.05) is 39.6 Å². The molecule has 0 radical (unpaired) electrons. The molecule has 0 aromatic carbocycles. The molecule has 0 aliphatic rings. The molecule has 0 spiro atoms. The maximum absolute atomic E-state index is 13.0. The lowest BCUT2D eigenvalue weighted by Gasteiger charge is -2.21. The number of aliphatic hydroxyl groups excluding tert-OH is 1. The van der Waals surface area contributed by atoms with Gasteiger partial charge in [-0.1, -0.05) is 285 Å². The molecule has 0 bridgehead atoms. The monoisotopic (exact) mass is 1240 g/mol. The Kier molecular flexibility index (Phi) is 58.6. The molecule has 0 fully saturated rings. The van der Waals surface area contributed by atoms with Crippen LogP contribution in [-0.4, -0.2) is 96.7 Å². The van der Waals surface area contributed by atoms with E-state index in [9.17, 15) is 43.2 Å². The van der Waals surface area contributed by atoms with Crippen LogP contribution in [0.3, 0.4) is 0 Å². The Bertz CT molecular complexity index is 1620. The van der Waals surface area contributed by atoms with Crippen LogP contribution in [-0.2, 0) is 65.4 Å². The van der Waals surface area contributed by atoms with E-state index in [0.29, 0.717) is 25.7 Å². The predicted molar refractivity (Wildman–Crippen MR) is 335 cm³/mol. The van der Waals surface area contributed by atoms with Gasteiger partial charge in [-0.3, -0.25) is 37.3 Å². The molecule has 0 saturated heterocycles. The lowest BCUT2D eigenvalue weighted by molar-refractivity contribution is -0.161. The highest BCUT2D eigenvalue weighted by Gasteiger charge is 2.30. The molecule has 0 saturated carbocycles. The summed E-state index contributed by atoms with van der Waals surface area (Å²) in [5.41, 5.74) is 0. The van der Waals surface area contributed by atoms with Crippen LogP contribution < -0.4 is 0 Å². The molecule has 84 heavy (non-hydrogen) atoms. The number of unbranched alkanes of at least 4 members (excludes halogenated alkanes) is 40. The van der Waals surface area contributed by atoms with Gasteiger partial charge in [-0.25, -0.2) is 9.13 Å². The lowest BCUT2D eigenvalue weighted by Crippen LogP contribution is -2.30. The zero-order chi connectivity index (χ0) is 61.9. The number of phosphoric acid groups is 2. The molecular formula is C65H126O17P2. The molecule has 0 heterocycles. The maximum Gasteiger partial charge on any atom is 0.472 e. The second-order valence-corrected chi connectivity index (χ2v) is 26.4. The van der Waals surface area contributed by atoms with Crippen LogP contribution in [0.1, 0.15) is 336 Å². The fourth-order valence-electron chi connectivity index (χ4n) is 9.81. The molecule has 0 aromatic rings. The van der Waals surface area contributed by atoms with E-state index in [4.69, 9.17) is 37.0 Å². The molecule has 3 N–H and O–H groups in total. The van der Waals surface area contributed by atoms with Gasteiger partial charge in [-0.15, -0.1) is 0 Å². The fraction of sp³-hybridized carbons (Fsp3) is 0.938. The number of esters is 4. The van der Waals surface area contributed by atoms with E-state index in [1.807, 2.05) is 0 Å². The zero-order valence-electron chi connectivity index (χ0n) is 53.9. The first-order valence-electron chi connectivity index (χ1n) is 34.3. The summed E-state index contributed by atoms with van der Waals surface area (Å²) in [4.78, 5) is 72.1. The van der Waals surface area contributed by atoms with Crippen LogP contribution in [0.2, 0.25) is 0 Å². The van der Waals surface area contributed by atoms with Crippen LogP contribution >= 0.6 is 15.6 Å². The first kappa shape index (κ1) is 82.1. The van der Waals surface area contributed by atoms with Gasteiger partial charge in [-0.05, 0) is 25.7 Å². The lowest BCUT2D eigenvalue weighted by atomic mass is 10.0. The van der Waals surface area contributed by atoms with Crippen LogP contribution in [0.25, 0.3) is 0 Å². The van der Waals surface area contributed by atoms with E-state index in [0.717, 1.165) is 103 Å². The number of carbonyl (C=O) groups excluding carboxylic acids is 4. The standard InChI is InChI=1S/C65H126O17P2/c1-5-9-13-17-21-24-26-28-30-32-35-38-42-46-50-63(68)76-56-61(82-65(70)52-48-44-40-36-33-31-29-27-25-22-18-14-10-6-2)58-80-84(73,74)78-54-59(66)53-77-83(71,72)79-57-60(55-75-62(67)49-45-41-37-20-16-12-8-4)81-64(69)51-47-43-39-34-23-19-15-11-7-3/h59-61,66H,5-58H2,1-4H3,(H,71,72)(H,73,74)/t59-,60+,61+/m0/s1. The predicted octanol–water partition coefficient (Wildman–Crippen LogP) is 18.3. The largest absolute Gasteiger partial charge is 0.472 e. The first-order chi connectivity index (χ1) is 40.7. The van der Waals surface area contributed by atoms with Gasteiger partial charge in [0, 0.05) is 25.7 Å². The minimum atomic E-state index is -4.94. The van der Waals surface area contributed by atoms with E-state index >= 15 is 0 Å². The van der Waals surface area contributed by atoms with E-state index in [2.05, 4.69) is 27.7 Å². The Balaban J connectivity index is 5.19. The quantitative estimate of drug-likeness (QED) is 0.0222. The van der Waals surface area contributed by atoms with Crippen molar-refractivity contribution in [3.63, 3.8) is 0 Å². The highest BCUT2D eigenvalue weighted by Crippen LogP contribution is 2.45. The Morgan fingerprint density at radius 3 is 0.702 bits per heavy atom. The van der Waals surface area contributed by atoms with Crippen molar-refractivity contribution in [3.05, 3.63) is 0 Å². The Morgan fingerprint density at radius 2 is 0.476 bits per heavy atom. The smallest absolute Gasteiger partial charge is 0.462 e. The normalized spacial score (nSPS) is 14.1. The number of carbonyl (C=O) groups is 4. The van der Waals surface area contributed by atoms with Crippen LogP contribution in [0, 0.1) is 0 Å². The Hall–Kier alpha value is -1.94. The number of hydrogen-bond acceptors (Lipinski definition) is 15. The van der Waals surface area contributed by atoms with Crippen molar-refractivity contribution in [1.82, 2.24) is 0 Å². The summed E-state index contributed by atoms with van der Waals surface area (Å²) in [7, 11) is -9.88. The SMILES string of the molecule is CCCCCCCCCCCCCCCCC(=O)OC[C@H](COP(=O)(O)OC[C@@H](O)COP(=O)(O)OC[C@@H](COC(=O)CCCCCCCCC)OC(=O)CCCCCCCCCCC)OC(=O)CCCCCCCCCCCCCCCC. The second-order valence-electron chi connectivity index (χ2n) is 23.5. The third-order valence-electron chi connectivity index (χ3n) is 15.1. The van der Waals surface area contributed by atoms with Crippen molar-refractivity contribution >= 4 is 39.5 Å². The number of rotatable bonds is 66. The second kappa shape index (κ2) is 60.0. The number of hydrogen-bond donors (Lipinski definition) is 3. The van der Waals surface area contributed by atoms with Crippen molar-refractivity contribution in [3.8, 4) is 0 Å². The molecule has 2 unspecified atom stereocenters. The van der Waals surface area contributed by atoms with Crippen molar-refractivity contribution in [2.45, 2.75) is 354 Å². The summed E-state index contributed by atoms with van der Waals surface area (Å²) in [5.74, 6) is -2.13. The summed E-state index contributed by atoms with van der Waals surface area (Å²) in [6.07, 6.45) is 45.8. The van der Waals surface area contributed by atoms with Gasteiger partial charge in [0.05, 0.1) is 26.4 Å². The summed E-state index contributed by atoms with van der Waals surface area (Å²) < 4.78 is 67.9. The highest BCUT2D eigenvalue weighted by atomic mass is 31.2.